The summed E-state index contributed by atoms with van der Waals surface area (Å²) in [5.74, 6) is 0. The number of allylic oxidation sites excluding steroid dienone is 1. The van der Waals surface area contributed by atoms with Crippen LogP contribution < -0.4 is 5.22 Å². The topological polar surface area (TPSA) is 62.0 Å². The van der Waals surface area contributed by atoms with E-state index in [2.05, 4.69) is 77.0 Å². The summed E-state index contributed by atoms with van der Waals surface area (Å²) in [7, 11) is 0. The zero-order chi connectivity index (χ0) is 26.1. The lowest BCUT2D eigenvalue weighted by atomic mass is 9.81. The van der Waals surface area contributed by atoms with Gasteiger partial charge in [-0.05, 0) is 109 Å². The van der Waals surface area contributed by atoms with Gasteiger partial charge in [-0.15, -0.1) is 0 Å². The summed E-state index contributed by atoms with van der Waals surface area (Å²) in [5, 5.41) is 21.0. The zero-order valence-electron chi connectivity index (χ0n) is 21.1. The van der Waals surface area contributed by atoms with E-state index >= 15 is 0 Å². The van der Waals surface area contributed by atoms with Gasteiger partial charge in [-0.1, -0.05) is 72.8 Å². The quantitative estimate of drug-likeness (QED) is 0.109. The Kier molecular flexibility index (Phi) is 5.06. The van der Waals surface area contributed by atoms with E-state index < -0.39 is 11.1 Å². The van der Waals surface area contributed by atoms with E-state index in [4.69, 9.17) is 0 Å². The number of rotatable bonds is 4. The van der Waals surface area contributed by atoms with Gasteiger partial charge in [-0.3, -0.25) is 0 Å². The minimum absolute atomic E-state index is 0.127. The maximum absolute atomic E-state index is 11.2. The molecule has 0 aromatic heterocycles. The number of nitrogens with zero attached hydrogens (tertiary/aromatic N) is 2. The number of hydrogen-bond donors (Lipinski definition) is 1. The van der Waals surface area contributed by atoms with Gasteiger partial charge in [0.1, 0.15) is 0 Å². The second-order valence-corrected chi connectivity index (χ2v) is 11.4. The van der Waals surface area contributed by atoms with Crippen LogP contribution in [-0.4, -0.2) is 14.8 Å². The van der Waals surface area contributed by atoms with Crippen LogP contribution in [0.15, 0.2) is 106 Å². The molecule has 2 unspecified atom stereocenters. The third-order valence-corrected chi connectivity index (χ3v) is 8.96. The SMILES string of the molecule is O=S(O)C1=CCC(N=Nc2ccc(-c3c4c5c(ccc6cc7cccc8ccc3c(c87)c65)CCC=4)cc2)C=C1. The smallest absolute Gasteiger partial charge is 0.186 e. The first-order valence-electron chi connectivity index (χ1n) is 13.3. The number of azo groups is 1. The number of benzene rings is 6. The lowest BCUT2D eigenvalue weighted by Crippen LogP contribution is -2.14. The van der Waals surface area contributed by atoms with Crippen molar-refractivity contribution >= 4 is 65.9 Å². The molecule has 5 heteroatoms. The molecule has 0 radical (unpaired) electrons. The average Bonchev–Trinajstić information content (AvgIpc) is 2.98. The second-order valence-electron chi connectivity index (χ2n) is 10.5. The van der Waals surface area contributed by atoms with Gasteiger partial charge in [0, 0.05) is 0 Å². The van der Waals surface area contributed by atoms with Gasteiger partial charge in [-0.2, -0.15) is 10.2 Å². The van der Waals surface area contributed by atoms with Crippen molar-refractivity contribution < 1.29 is 8.76 Å². The molecule has 2 atom stereocenters. The van der Waals surface area contributed by atoms with Crippen LogP contribution in [0.4, 0.5) is 5.69 Å². The maximum Gasteiger partial charge on any atom is 0.186 e. The minimum Gasteiger partial charge on any atom is -0.302 e. The summed E-state index contributed by atoms with van der Waals surface area (Å²) in [5.41, 5.74) is 4.71. The highest BCUT2D eigenvalue weighted by molar-refractivity contribution is 7.83. The van der Waals surface area contributed by atoms with Crippen molar-refractivity contribution in [2.75, 3.05) is 0 Å². The van der Waals surface area contributed by atoms with E-state index in [9.17, 15) is 8.76 Å². The van der Waals surface area contributed by atoms with E-state index in [-0.39, 0.29) is 6.04 Å². The molecule has 2 aliphatic carbocycles. The minimum atomic E-state index is -1.96. The monoisotopic (exact) mass is 524 g/mol. The van der Waals surface area contributed by atoms with Gasteiger partial charge >= 0.3 is 0 Å². The molecule has 188 valence electrons. The summed E-state index contributed by atoms with van der Waals surface area (Å²) >= 11 is -1.96. The molecule has 0 amide bonds. The van der Waals surface area contributed by atoms with Crippen LogP contribution in [-0.2, 0) is 17.5 Å². The lowest BCUT2D eigenvalue weighted by molar-refractivity contribution is 0.571. The average molecular weight is 525 g/mol. The molecule has 6 aromatic rings. The predicted molar refractivity (Wildman–Crippen MR) is 162 cm³/mol. The normalized spacial score (nSPS) is 18.0. The summed E-state index contributed by atoms with van der Waals surface area (Å²) in [6, 6.07) is 26.4. The van der Waals surface area contributed by atoms with E-state index in [0.29, 0.717) is 11.3 Å². The predicted octanol–water partition coefficient (Wildman–Crippen LogP) is 8.37. The fourth-order valence-electron chi connectivity index (χ4n) is 6.53. The molecule has 0 heterocycles. The van der Waals surface area contributed by atoms with Crippen LogP contribution in [0.1, 0.15) is 18.4 Å². The molecule has 0 saturated heterocycles. The summed E-state index contributed by atoms with van der Waals surface area (Å²) in [6.45, 7) is 0. The molecule has 4 nitrogen and oxygen atoms in total. The number of hydrogen-bond acceptors (Lipinski definition) is 3. The van der Waals surface area contributed by atoms with Crippen LogP contribution >= 0.6 is 0 Å². The van der Waals surface area contributed by atoms with Crippen LogP contribution in [0, 0.1) is 0 Å². The fraction of sp³-hybridized carbons (Fsp3) is 0.118. The Hall–Kier alpha value is -4.19. The highest BCUT2D eigenvalue weighted by Gasteiger charge is 2.21. The molecule has 2 aliphatic rings. The van der Waals surface area contributed by atoms with Crippen molar-refractivity contribution in [1.82, 2.24) is 0 Å². The van der Waals surface area contributed by atoms with E-state index in [1.165, 1.54) is 65.0 Å². The first-order chi connectivity index (χ1) is 19.2. The van der Waals surface area contributed by atoms with Crippen molar-refractivity contribution in [1.29, 1.82) is 0 Å². The van der Waals surface area contributed by atoms with Crippen LogP contribution in [0.2, 0.25) is 0 Å². The molecule has 0 saturated carbocycles. The van der Waals surface area contributed by atoms with Crippen molar-refractivity contribution in [2.24, 2.45) is 10.2 Å². The van der Waals surface area contributed by atoms with Gasteiger partial charge in [0.25, 0.3) is 0 Å². The second kappa shape index (κ2) is 8.67. The Bertz CT molecular complexity index is 2120. The molecule has 0 spiro atoms. The molecule has 39 heavy (non-hydrogen) atoms. The number of aryl methyl sites for hydroxylation is 1. The fourth-order valence-corrected chi connectivity index (χ4v) is 6.96. The van der Waals surface area contributed by atoms with Crippen molar-refractivity contribution in [3.8, 4) is 11.1 Å². The standard InChI is InChI=1S/C34H24N2O2S/c37-39(38)27-16-14-26(15-17-27)36-35-25-12-9-22(10-13-25)31-28-6-2-4-21-7-8-24-19-23-5-1-3-20-11-18-29(31)34(30(20)23)33(24)32(21)28/h1,3,5-14,16-19,26H,2,4,15H2,(H,37,38). The molecular weight excluding hydrogens is 500 g/mol. The Labute approximate surface area is 227 Å². The Morgan fingerprint density at radius 3 is 2.46 bits per heavy atom. The van der Waals surface area contributed by atoms with E-state index in [1.54, 1.807) is 12.2 Å². The molecule has 1 N–H and O–H groups in total. The highest BCUT2D eigenvalue weighted by Crippen LogP contribution is 2.43. The first kappa shape index (κ1) is 22.8. The molecular formula is C34H24N2O2S. The third-order valence-electron chi connectivity index (χ3n) is 8.26. The highest BCUT2D eigenvalue weighted by atomic mass is 32.2. The van der Waals surface area contributed by atoms with E-state index in [1.807, 2.05) is 18.2 Å². The van der Waals surface area contributed by atoms with Crippen molar-refractivity contribution in [3.05, 3.63) is 107 Å². The lowest BCUT2D eigenvalue weighted by Gasteiger charge is -2.22. The first-order valence-corrected chi connectivity index (χ1v) is 14.4. The van der Waals surface area contributed by atoms with Gasteiger partial charge < -0.3 is 4.55 Å². The molecule has 8 rings (SSSR count). The van der Waals surface area contributed by atoms with Gasteiger partial charge in [-0.25, -0.2) is 4.21 Å². The Morgan fingerprint density at radius 1 is 0.821 bits per heavy atom. The molecule has 6 aromatic carbocycles. The molecule has 0 aliphatic heterocycles. The summed E-state index contributed by atoms with van der Waals surface area (Å²) in [6.07, 6.45) is 10.3. The molecule has 0 bridgehead atoms. The van der Waals surface area contributed by atoms with Gasteiger partial charge in [0.2, 0.25) is 0 Å². The van der Waals surface area contributed by atoms with Crippen molar-refractivity contribution in [3.63, 3.8) is 0 Å². The largest absolute Gasteiger partial charge is 0.302 e. The van der Waals surface area contributed by atoms with Gasteiger partial charge in [0.15, 0.2) is 11.1 Å². The van der Waals surface area contributed by atoms with Crippen LogP contribution in [0.5, 0.6) is 0 Å². The summed E-state index contributed by atoms with van der Waals surface area (Å²) < 4.78 is 20.5. The summed E-state index contributed by atoms with van der Waals surface area (Å²) in [4.78, 5) is 0.418. The Morgan fingerprint density at radius 2 is 1.64 bits per heavy atom. The van der Waals surface area contributed by atoms with Crippen molar-refractivity contribution in [2.45, 2.75) is 25.3 Å². The Balaban J connectivity index is 1.29. The zero-order valence-corrected chi connectivity index (χ0v) is 21.9. The van der Waals surface area contributed by atoms with E-state index in [0.717, 1.165) is 18.5 Å². The maximum atomic E-state index is 11.2. The van der Waals surface area contributed by atoms with Crippen LogP contribution in [0.25, 0.3) is 60.3 Å². The molecule has 0 fully saturated rings. The van der Waals surface area contributed by atoms with Crippen LogP contribution in [0.3, 0.4) is 0 Å². The third kappa shape index (κ3) is 3.50. The van der Waals surface area contributed by atoms with Gasteiger partial charge in [0.05, 0.1) is 16.6 Å².